The number of aliphatic imine (C=N–C) groups is 1. The van der Waals surface area contributed by atoms with Crippen molar-refractivity contribution >= 4 is 5.84 Å². The number of hydrogen-bond donors (Lipinski definition) is 0. The van der Waals surface area contributed by atoms with Crippen LogP contribution in [-0.2, 0) is 0 Å². The maximum atomic E-state index is 4.42. The summed E-state index contributed by atoms with van der Waals surface area (Å²) in [5.74, 6) is 1.27. The van der Waals surface area contributed by atoms with Crippen LogP contribution >= 0.6 is 0 Å². The van der Waals surface area contributed by atoms with Gasteiger partial charge in [-0.1, -0.05) is 13.8 Å². The third-order valence-electron chi connectivity index (χ3n) is 2.57. The van der Waals surface area contributed by atoms with Gasteiger partial charge < -0.3 is 4.90 Å². The fourth-order valence-electron chi connectivity index (χ4n) is 1.94. The van der Waals surface area contributed by atoms with Crippen LogP contribution < -0.4 is 0 Å². The summed E-state index contributed by atoms with van der Waals surface area (Å²) in [4.78, 5) is 6.89. The highest BCUT2D eigenvalue weighted by molar-refractivity contribution is 5.81. The van der Waals surface area contributed by atoms with Gasteiger partial charge in [0, 0.05) is 12.6 Å². The molecule has 2 rings (SSSR count). The molecule has 2 heterocycles. The molecule has 2 aliphatic heterocycles. The molecule has 70 valence electrons. The van der Waals surface area contributed by atoms with Gasteiger partial charge in [-0.2, -0.15) is 0 Å². The minimum atomic E-state index is 0.772. The van der Waals surface area contributed by atoms with E-state index in [4.69, 9.17) is 0 Å². The molecule has 0 spiro atoms. The second-order valence-electron chi connectivity index (χ2n) is 3.23. The molecule has 0 aromatic carbocycles. The Balaban J connectivity index is 0.000000336. The second kappa shape index (κ2) is 4.48. The predicted molar refractivity (Wildman–Crippen MR) is 53.7 cm³/mol. The molecule has 2 aliphatic rings. The fraction of sp³-hybridized carbons (Fsp3) is 0.900. The van der Waals surface area contributed by atoms with Crippen molar-refractivity contribution in [3.63, 3.8) is 0 Å². The van der Waals surface area contributed by atoms with Crippen LogP contribution in [-0.4, -0.2) is 29.9 Å². The zero-order chi connectivity index (χ0) is 8.97. The van der Waals surface area contributed by atoms with E-state index in [0.29, 0.717) is 0 Å². The normalized spacial score (nSPS) is 27.1. The SMILES string of the molecule is CC.CC1=NCC2CCCCN12. The molecule has 1 unspecified atom stereocenters. The molecule has 2 heteroatoms. The van der Waals surface area contributed by atoms with E-state index in [9.17, 15) is 0 Å². The lowest BCUT2D eigenvalue weighted by molar-refractivity contribution is 0.267. The summed E-state index contributed by atoms with van der Waals surface area (Å²) in [6, 6.07) is 0.772. The molecule has 1 fully saturated rings. The monoisotopic (exact) mass is 168 g/mol. The first-order valence-corrected chi connectivity index (χ1v) is 5.15. The van der Waals surface area contributed by atoms with E-state index in [1.54, 1.807) is 0 Å². The number of hydrogen-bond acceptors (Lipinski definition) is 2. The standard InChI is InChI=1S/C8H14N2.C2H6/c1-7-9-6-8-4-2-3-5-10(7)8;1-2/h8H,2-6H2,1H3;1-2H3. The average Bonchev–Trinajstić information content (AvgIpc) is 2.53. The summed E-state index contributed by atoms with van der Waals surface area (Å²) in [5.41, 5.74) is 0. The third kappa shape index (κ3) is 1.79. The van der Waals surface area contributed by atoms with Gasteiger partial charge in [0.25, 0.3) is 0 Å². The maximum absolute atomic E-state index is 4.42. The summed E-state index contributed by atoms with van der Waals surface area (Å²) in [6.45, 7) is 8.44. The van der Waals surface area contributed by atoms with Gasteiger partial charge in [0.1, 0.15) is 0 Å². The van der Waals surface area contributed by atoms with Gasteiger partial charge in [0.15, 0.2) is 0 Å². The van der Waals surface area contributed by atoms with Crippen molar-refractivity contribution in [1.82, 2.24) is 4.90 Å². The van der Waals surface area contributed by atoms with Crippen molar-refractivity contribution in [2.75, 3.05) is 13.1 Å². The first-order valence-electron chi connectivity index (χ1n) is 5.15. The summed E-state index contributed by atoms with van der Waals surface area (Å²) in [5, 5.41) is 0. The fourth-order valence-corrected chi connectivity index (χ4v) is 1.94. The Kier molecular flexibility index (Phi) is 3.57. The molecule has 0 bridgehead atoms. The summed E-state index contributed by atoms with van der Waals surface area (Å²) in [7, 11) is 0. The van der Waals surface area contributed by atoms with Crippen LogP contribution in [0.5, 0.6) is 0 Å². The minimum absolute atomic E-state index is 0.772. The lowest BCUT2D eigenvalue weighted by Gasteiger charge is -2.31. The lowest BCUT2D eigenvalue weighted by atomic mass is 10.0. The quantitative estimate of drug-likeness (QED) is 0.542. The molecular weight excluding hydrogens is 148 g/mol. The van der Waals surface area contributed by atoms with Crippen molar-refractivity contribution in [2.45, 2.75) is 46.1 Å². The largest absolute Gasteiger partial charge is 0.356 e. The van der Waals surface area contributed by atoms with Crippen LogP contribution in [0.25, 0.3) is 0 Å². The molecule has 0 N–H and O–H groups in total. The zero-order valence-electron chi connectivity index (χ0n) is 8.51. The Morgan fingerprint density at radius 2 is 2.08 bits per heavy atom. The van der Waals surface area contributed by atoms with Crippen molar-refractivity contribution < 1.29 is 0 Å². The first-order chi connectivity index (χ1) is 5.88. The van der Waals surface area contributed by atoms with Crippen LogP contribution in [0.4, 0.5) is 0 Å². The van der Waals surface area contributed by atoms with Crippen LogP contribution in [0.3, 0.4) is 0 Å². The molecule has 1 saturated heterocycles. The minimum Gasteiger partial charge on any atom is -0.356 e. The molecule has 0 amide bonds. The van der Waals surface area contributed by atoms with E-state index < -0.39 is 0 Å². The van der Waals surface area contributed by atoms with Gasteiger partial charge in [-0.15, -0.1) is 0 Å². The molecule has 0 saturated carbocycles. The van der Waals surface area contributed by atoms with Crippen LogP contribution in [0, 0.1) is 0 Å². The maximum Gasteiger partial charge on any atom is 0.0961 e. The van der Waals surface area contributed by atoms with Gasteiger partial charge in [-0.3, -0.25) is 4.99 Å². The highest BCUT2D eigenvalue weighted by Crippen LogP contribution is 2.21. The van der Waals surface area contributed by atoms with Gasteiger partial charge >= 0.3 is 0 Å². The summed E-state index contributed by atoms with van der Waals surface area (Å²) in [6.07, 6.45) is 4.13. The van der Waals surface area contributed by atoms with E-state index in [1.165, 1.54) is 31.6 Å². The van der Waals surface area contributed by atoms with Gasteiger partial charge in [-0.25, -0.2) is 0 Å². The van der Waals surface area contributed by atoms with Gasteiger partial charge in [-0.05, 0) is 26.2 Å². The van der Waals surface area contributed by atoms with Crippen molar-refractivity contribution in [3.05, 3.63) is 0 Å². The summed E-state index contributed by atoms with van der Waals surface area (Å²) < 4.78 is 0. The Morgan fingerprint density at radius 3 is 2.75 bits per heavy atom. The highest BCUT2D eigenvalue weighted by Gasteiger charge is 2.26. The van der Waals surface area contributed by atoms with Crippen molar-refractivity contribution in [2.24, 2.45) is 4.99 Å². The Labute approximate surface area is 75.7 Å². The predicted octanol–water partition coefficient (Wildman–Crippen LogP) is 2.30. The Bertz CT molecular complexity index is 163. The van der Waals surface area contributed by atoms with E-state index in [0.717, 1.165) is 12.6 Å². The number of piperidine rings is 1. The Morgan fingerprint density at radius 1 is 1.33 bits per heavy atom. The topological polar surface area (TPSA) is 15.6 Å². The van der Waals surface area contributed by atoms with E-state index in [-0.39, 0.29) is 0 Å². The van der Waals surface area contributed by atoms with Gasteiger partial charge in [0.2, 0.25) is 0 Å². The molecule has 0 aliphatic carbocycles. The molecule has 0 radical (unpaired) electrons. The molecule has 0 aromatic heterocycles. The Hall–Kier alpha value is -0.530. The number of amidine groups is 1. The lowest BCUT2D eigenvalue weighted by Crippen LogP contribution is -2.39. The first kappa shape index (κ1) is 9.56. The third-order valence-corrected chi connectivity index (χ3v) is 2.57. The molecular formula is C10H20N2. The number of rotatable bonds is 0. The average molecular weight is 168 g/mol. The van der Waals surface area contributed by atoms with Crippen LogP contribution in [0.15, 0.2) is 4.99 Å². The highest BCUT2D eigenvalue weighted by atomic mass is 15.3. The second-order valence-corrected chi connectivity index (χ2v) is 3.23. The van der Waals surface area contributed by atoms with Crippen molar-refractivity contribution in [3.8, 4) is 0 Å². The van der Waals surface area contributed by atoms with Gasteiger partial charge in [0.05, 0.1) is 12.4 Å². The van der Waals surface area contributed by atoms with Crippen molar-refractivity contribution in [1.29, 1.82) is 0 Å². The van der Waals surface area contributed by atoms with E-state index in [2.05, 4.69) is 16.8 Å². The van der Waals surface area contributed by atoms with E-state index in [1.807, 2.05) is 13.8 Å². The van der Waals surface area contributed by atoms with Crippen LogP contribution in [0.1, 0.15) is 40.0 Å². The smallest absolute Gasteiger partial charge is 0.0961 e. The zero-order valence-corrected chi connectivity index (χ0v) is 8.51. The number of nitrogens with zero attached hydrogens (tertiary/aromatic N) is 2. The number of fused-ring (bicyclic) bond motifs is 1. The van der Waals surface area contributed by atoms with Crippen LogP contribution in [0.2, 0.25) is 0 Å². The molecule has 1 atom stereocenters. The molecule has 0 aromatic rings. The summed E-state index contributed by atoms with van der Waals surface area (Å²) >= 11 is 0. The molecule has 12 heavy (non-hydrogen) atoms. The van der Waals surface area contributed by atoms with E-state index >= 15 is 0 Å². The molecule has 2 nitrogen and oxygen atoms in total.